The quantitative estimate of drug-likeness (QED) is 0.884. The largest absolute Gasteiger partial charge is 0.360 e. The van der Waals surface area contributed by atoms with Gasteiger partial charge in [-0.25, -0.2) is 8.42 Å². The number of benzene rings is 1. The summed E-state index contributed by atoms with van der Waals surface area (Å²) in [4.78, 5) is 12.9. The molecule has 0 radical (unpaired) electrons. The fraction of sp³-hybridized carbons (Fsp3) is 0.444. The van der Waals surface area contributed by atoms with Crippen LogP contribution in [0.5, 0.6) is 0 Å². The number of nitrogens with one attached hydrogen (secondary N) is 1. The number of rotatable bonds is 4. The molecule has 1 aliphatic heterocycles. The maximum Gasteiger partial charge on any atom is 0.249 e. The number of nitrogens with zero attached hydrogens (tertiary/aromatic N) is 2. The van der Waals surface area contributed by atoms with Gasteiger partial charge in [-0.1, -0.05) is 17.3 Å². The summed E-state index contributed by atoms with van der Waals surface area (Å²) in [6.07, 6.45) is 1.12. The smallest absolute Gasteiger partial charge is 0.249 e. The van der Waals surface area contributed by atoms with Gasteiger partial charge in [0.1, 0.15) is 16.6 Å². The molecule has 1 atom stereocenters. The van der Waals surface area contributed by atoms with Crippen LogP contribution in [0, 0.1) is 27.7 Å². The Morgan fingerprint density at radius 1 is 1.27 bits per heavy atom. The lowest BCUT2D eigenvalue weighted by Crippen LogP contribution is -2.43. The number of carbonyl (C=O) groups is 1. The van der Waals surface area contributed by atoms with Crippen LogP contribution in [0.3, 0.4) is 0 Å². The Kier molecular flexibility index (Phi) is 4.90. The van der Waals surface area contributed by atoms with Crippen molar-refractivity contribution in [2.75, 3.05) is 11.9 Å². The maximum atomic E-state index is 13.1. The molecule has 0 aliphatic carbocycles. The van der Waals surface area contributed by atoms with Crippen molar-refractivity contribution in [3.05, 3.63) is 40.8 Å². The lowest BCUT2D eigenvalue weighted by atomic mass is 10.1. The monoisotopic (exact) mass is 377 g/mol. The van der Waals surface area contributed by atoms with Crippen molar-refractivity contribution < 1.29 is 17.7 Å². The average Bonchev–Trinajstić information content (AvgIpc) is 3.18. The molecule has 3 rings (SSSR count). The topological polar surface area (TPSA) is 92.5 Å². The standard InChI is InChI=1S/C18H23N3O4S/c1-11-7-8-12(2)15(10-11)19-18(22)16-6-5-9-21(16)26(23,24)17-13(3)20-25-14(17)4/h7-8,10,16H,5-6,9H2,1-4H3,(H,19,22). The van der Waals surface area contributed by atoms with Crippen LogP contribution in [0.25, 0.3) is 0 Å². The van der Waals surface area contributed by atoms with Gasteiger partial charge in [0.05, 0.1) is 0 Å². The van der Waals surface area contributed by atoms with Crippen LogP contribution in [0.15, 0.2) is 27.6 Å². The number of aromatic nitrogens is 1. The Balaban J connectivity index is 1.88. The molecule has 8 heteroatoms. The first-order valence-electron chi connectivity index (χ1n) is 8.54. The van der Waals surface area contributed by atoms with Gasteiger partial charge in [0.15, 0.2) is 5.76 Å². The molecule has 1 aromatic carbocycles. The van der Waals surface area contributed by atoms with Gasteiger partial charge in [0.25, 0.3) is 0 Å². The second-order valence-electron chi connectivity index (χ2n) is 6.73. The summed E-state index contributed by atoms with van der Waals surface area (Å²) in [6, 6.07) is 5.04. The van der Waals surface area contributed by atoms with E-state index < -0.39 is 16.1 Å². The van der Waals surface area contributed by atoms with Gasteiger partial charge in [-0.15, -0.1) is 0 Å². The van der Waals surface area contributed by atoms with Crippen LogP contribution in [0.2, 0.25) is 0 Å². The number of amides is 1. The normalized spacial score (nSPS) is 18.2. The maximum absolute atomic E-state index is 13.1. The van der Waals surface area contributed by atoms with E-state index in [1.54, 1.807) is 13.8 Å². The van der Waals surface area contributed by atoms with E-state index in [4.69, 9.17) is 4.52 Å². The first-order valence-corrected chi connectivity index (χ1v) is 9.98. The third kappa shape index (κ3) is 3.26. The molecule has 1 fully saturated rings. The minimum absolute atomic E-state index is 0.0592. The molecule has 2 heterocycles. The van der Waals surface area contributed by atoms with Crippen LogP contribution in [-0.4, -0.2) is 36.4 Å². The van der Waals surface area contributed by atoms with E-state index in [0.717, 1.165) is 11.1 Å². The fourth-order valence-corrected chi connectivity index (χ4v) is 5.29. The van der Waals surface area contributed by atoms with Crippen molar-refractivity contribution in [1.82, 2.24) is 9.46 Å². The summed E-state index contributed by atoms with van der Waals surface area (Å²) in [5.74, 6) is -0.0744. The second-order valence-corrected chi connectivity index (χ2v) is 8.56. The van der Waals surface area contributed by atoms with E-state index in [1.165, 1.54) is 4.31 Å². The van der Waals surface area contributed by atoms with Crippen LogP contribution in [0.1, 0.15) is 35.4 Å². The third-order valence-electron chi connectivity index (χ3n) is 4.69. The summed E-state index contributed by atoms with van der Waals surface area (Å²) in [6.45, 7) is 7.30. The van der Waals surface area contributed by atoms with Gasteiger partial charge in [-0.2, -0.15) is 4.31 Å². The molecule has 1 N–H and O–H groups in total. The van der Waals surface area contributed by atoms with Crippen molar-refractivity contribution in [3.8, 4) is 0 Å². The highest BCUT2D eigenvalue weighted by Gasteiger charge is 2.41. The van der Waals surface area contributed by atoms with Gasteiger partial charge >= 0.3 is 0 Å². The highest BCUT2D eigenvalue weighted by molar-refractivity contribution is 7.89. The number of hydrogen-bond acceptors (Lipinski definition) is 5. The van der Waals surface area contributed by atoms with Crippen molar-refractivity contribution in [1.29, 1.82) is 0 Å². The lowest BCUT2D eigenvalue weighted by Gasteiger charge is -2.23. The Hall–Kier alpha value is -2.19. The zero-order valence-corrected chi connectivity index (χ0v) is 16.2. The predicted octanol–water partition coefficient (Wildman–Crippen LogP) is 2.70. The van der Waals surface area contributed by atoms with E-state index in [2.05, 4.69) is 10.5 Å². The molecule has 1 aromatic heterocycles. The van der Waals surface area contributed by atoms with Gasteiger partial charge in [-0.05, 0) is 57.7 Å². The SMILES string of the molecule is Cc1ccc(C)c(NC(=O)C2CCCN2S(=O)(=O)c2c(C)noc2C)c1. The Morgan fingerprint density at radius 2 is 2.00 bits per heavy atom. The van der Waals surface area contributed by atoms with E-state index >= 15 is 0 Å². The summed E-state index contributed by atoms with van der Waals surface area (Å²) in [5.41, 5.74) is 2.97. The van der Waals surface area contributed by atoms with E-state index in [0.29, 0.717) is 30.8 Å². The summed E-state index contributed by atoms with van der Waals surface area (Å²) in [5, 5.41) is 6.62. The zero-order valence-electron chi connectivity index (χ0n) is 15.4. The molecule has 0 bridgehead atoms. The number of hydrogen-bond donors (Lipinski definition) is 1. The van der Waals surface area contributed by atoms with Gasteiger partial charge in [-0.3, -0.25) is 4.79 Å². The van der Waals surface area contributed by atoms with Crippen molar-refractivity contribution >= 4 is 21.6 Å². The average molecular weight is 377 g/mol. The molecule has 1 aliphatic rings. The van der Waals surface area contributed by atoms with Crippen LogP contribution >= 0.6 is 0 Å². The third-order valence-corrected chi connectivity index (χ3v) is 6.85. The van der Waals surface area contributed by atoms with Crippen LogP contribution < -0.4 is 5.32 Å². The zero-order chi connectivity index (χ0) is 19.1. The van der Waals surface area contributed by atoms with E-state index in [9.17, 15) is 13.2 Å². The fourth-order valence-electron chi connectivity index (χ4n) is 3.34. The molecule has 26 heavy (non-hydrogen) atoms. The van der Waals surface area contributed by atoms with Crippen molar-refractivity contribution in [3.63, 3.8) is 0 Å². The molecule has 0 spiro atoms. The van der Waals surface area contributed by atoms with Crippen molar-refractivity contribution in [2.24, 2.45) is 0 Å². The molecular weight excluding hydrogens is 354 g/mol. The Bertz CT molecular complexity index is 930. The number of anilines is 1. The molecule has 7 nitrogen and oxygen atoms in total. The molecule has 2 aromatic rings. The summed E-state index contributed by atoms with van der Waals surface area (Å²) in [7, 11) is -3.85. The van der Waals surface area contributed by atoms with Crippen LogP contribution in [0.4, 0.5) is 5.69 Å². The molecule has 0 saturated carbocycles. The lowest BCUT2D eigenvalue weighted by molar-refractivity contribution is -0.119. The predicted molar refractivity (Wildman–Crippen MR) is 97.4 cm³/mol. The molecular formula is C18H23N3O4S. The van der Waals surface area contributed by atoms with E-state index in [1.807, 2.05) is 32.0 Å². The molecule has 1 unspecified atom stereocenters. The second kappa shape index (κ2) is 6.85. The van der Waals surface area contributed by atoms with Gasteiger partial charge in [0.2, 0.25) is 15.9 Å². The van der Waals surface area contributed by atoms with Crippen molar-refractivity contribution in [2.45, 2.75) is 51.5 Å². The number of carbonyl (C=O) groups excluding carboxylic acids is 1. The Morgan fingerprint density at radius 3 is 2.65 bits per heavy atom. The Labute approximate surface area is 153 Å². The van der Waals surface area contributed by atoms with Gasteiger partial charge < -0.3 is 9.84 Å². The number of sulfonamides is 1. The van der Waals surface area contributed by atoms with Gasteiger partial charge in [0, 0.05) is 12.2 Å². The minimum Gasteiger partial charge on any atom is -0.360 e. The van der Waals surface area contributed by atoms with E-state index in [-0.39, 0.29) is 16.6 Å². The molecule has 1 saturated heterocycles. The first-order chi connectivity index (χ1) is 12.2. The number of aryl methyl sites for hydroxylation is 4. The minimum atomic E-state index is -3.85. The molecule has 140 valence electrons. The summed E-state index contributed by atoms with van der Waals surface area (Å²) >= 11 is 0. The molecule has 1 amide bonds. The first kappa shape index (κ1) is 18.6. The summed E-state index contributed by atoms with van der Waals surface area (Å²) < 4.78 is 32.4. The van der Waals surface area contributed by atoms with Crippen LogP contribution in [-0.2, 0) is 14.8 Å². The highest BCUT2D eigenvalue weighted by Crippen LogP contribution is 2.30. The highest BCUT2D eigenvalue weighted by atomic mass is 32.2.